The number of rotatable bonds is 4. The third-order valence-electron chi connectivity index (χ3n) is 1.42. The van der Waals surface area contributed by atoms with E-state index in [0.717, 1.165) is 6.04 Å². The summed E-state index contributed by atoms with van der Waals surface area (Å²) in [6.45, 7) is 5.37. The second kappa shape index (κ2) is 5.38. The van der Waals surface area contributed by atoms with Crippen molar-refractivity contribution in [3.8, 4) is 0 Å². The van der Waals surface area contributed by atoms with Gasteiger partial charge in [0.25, 0.3) is 0 Å². The standard InChI is InChI=1S/C9H18Cl2O2Si/c1-9(2,3)13-8(12)6-5-7-14(4,10)11/h5-7H2,1-4H3. The van der Waals surface area contributed by atoms with E-state index in [1.807, 2.05) is 27.3 Å². The van der Waals surface area contributed by atoms with Crippen LogP contribution in [-0.2, 0) is 9.53 Å². The van der Waals surface area contributed by atoms with Crippen LogP contribution in [0.2, 0.25) is 12.6 Å². The predicted octanol–water partition coefficient (Wildman–Crippen LogP) is 3.66. The Morgan fingerprint density at radius 1 is 1.36 bits per heavy atom. The minimum absolute atomic E-state index is 0.177. The van der Waals surface area contributed by atoms with Crippen molar-refractivity contribution in [2.45, 2.75) is 51.8 Å². The molecular weight excluding hydrogens is 239 g/mol. The highest BCUT2D eigenvalue weighted by Gasteiger charge is 2.22. The topological polar surface area (TPSA) is 26.3 Å². The molecule has 0 heterocycles. The van der Waals surface area contributed by atoms with Gasteiger partial charge in [-0.15, -0.1) is 22.2 Å². The molecule has 0 aromatic rings. The van der Waals surface area contributed by atoms with Crippen LogP contribution in [0.15, 0.2) is 0 Å². The maximum absolute atomic E-state index is 11.3. The Balaban J connectivity index is 3.66. The number of esters is 1. The van der Waals surface area contributed by atoms with E-state index in [-0.39, 0.29) is 5.97 Å². The lowest BCUT2D eigenvalue weighted by atomic mass is 10.2. The molecule has 0 fully saturated rings. The second-order valence-corrected chi connectivity index (χ2v) is 12.7. The fourth-order valence-corrected chi connectivity index (χ4v) is 2.54. The van der Waals surface area contributed by atoms with Gasteiger partial charge < -0.3 is 4.74 Å². The molecule has 0 unspecified atom stereocenters. The van der Waals surface area contributed by atoms with Crippen LogP contribution in [0.25, 0.3) is 0 Å². The minimum Gasteiger partial charge on any atom is -0.460 e. The summed E-state index contributed by atoms with van der Waals surface area (Å²) in [5.74, 6) is -0.177. The van der Waals surface area contributed by atoms with Gasteiger partial charge in [-0.1, -0.05) is 0 Å². The van der Waals surface area contributed by atoms with Gasteiger partial charge in [-0.3, -0.25) is 4.79 Å². The van der Waals surface area contributed by atoms with Crippen molar-refractivity contribution in [3.63, 3.8) is 0 Å². The van der Waals surface area contributed by atoms with Crippen molar-refractivity contribution in [2.75, 3.05) is 0 Å². The van der Waals surface area contributed by atoms with E-state index in [1.54, 1.807) is 0 Å². The molecule has 5 heteroatoms. The fourth-order valence-electron chi connectivity index (χ4n) is 0.936. The summed E-state index contributed by atoms with van der Waals surface area (Å²) in [6, 6.07) is 0.732. The van der Waals surface area contributed by atoms with Crippen LogP contribution < -0.4 is 0 Å². The normalized spacial score (nSPS) is 12.7. The molecule has 0 amide bonds. The molecule has 84 valence electrons. The molecule has 14 heavy (non-hydrogen) atoms. The van der Waals surface area contributed by atoms with E-state index >= 15 is 0 Å². The van der Waals surface area contributed by atoms with E-state index in [9.17, 15) is 4.79 Å². The van der Waals surface area contributed by atoms with E-state index in [0.29, 0.717) is 12.8 Å². The average Bonchev–Trinajstić information content (AvgIpc) is 1.78. The molecule has 0 aliphatic heterocycles. The minimum atomic E-state index is -2.05. The van der Waals surface area contributed by atoms with Crippen molar-refractivity contribution in [1.29, 1.82) is 0 Å². The van der Waals surface area contributed by atoms with Gasteiger partial charge >= 0.3 is 5.97 Å². The number of carbonyl (C=O) groups is 1. The summed E-state index contributed by atoms with van der Waals surface area (Å²) in [4.78, 5) is 11.3. The summed E-state index contributed by atoms with van der Waals surface area (Å²) in [6.07, 6.45) is 1.12. The third-order valence-corrected chi connectivity index (χ3v) is 3.78. The quantitative estimate of drug-likeness (QED) is 0.436. The molecule has 0 aromatic carbocycles. The first kappa shape index (κ1) is 14.3. The van der Waals surface area contributed by atoms with Crippen LogP contribution in [0, 0.1) is 0 Å². The summed E-state index contributed by atoms with van der Waals surface area (Å²) in [7, 11) is 0. The Hall–Kier alpha value is 0.267. The Morgan fingerprint density at radius 2 is 1.86 bits per heavy atom. The number of hydrogen-bond acceptors (Lipinski definition) is 2. The first-order valence-electron chi connectivity index (χ1n) is 4.70. The molecule has 0 aliphatic rings. The van der Waals surface area contributed by atoms with Crippen LogP contribution in [0.4, 0.5) is 0 Å². The molecule has 0 atom stereocenters. The summed E-state index contributed by atoms with van der Waals surface area (Å²) in [5, 5.41) is 0. The number of ether oxygens (including phenoxy) is 1. The van der Waals surface area contributed by atoms with Gasteiger partial charge in [0.05, 0.1) is 0 Å². The van der Waals surface area contributed by atoms with Gasteiger partial charge in [-0.25, -0.2) is 0 Å². The molecule has 0 spiro atoms. The zero-order chi connectivity index (χ0) is 11.4. The monoisotopic (exact) mass is 256 g/mol. The van der Waals surface area contributed by atoms with Crippen molar-refractivity contribution in [3.05, 3.63) is 0 Å². The lowest BCUT2D eigenvalue weighted by Gasteiger charge is -2.19. The maximum Gasteiger partial charge on any atom is 0.306 e. The molecule has 0 saturated carbocycles. The van der Waals surface area contributed by atoms with Crippen LogP contribution >= 0.6 is 22.2 Å². The number of carbonyl (C=O) groups excluding carboxylic acids is 1. The highest BCUT2D eigenvalue weighted by molar-refractivity contribution is 7.44. The first-order valence-corrected chi connectivity index (χ1v) is 9.43. The van der Waals surface area contributed by atoms with E-state index in [1.165, 1.54) is 0 Å². The Kier molecular flexibility index (Phi) is 5.48. The largest absolute Gasteiger partial charge is 0.460 e. The lowest BCUT2D eigenvalue weighted by molar-refractivity contribution is -0.154. The van der Waals surface area contributed by atoms with E-state index < -0.39 is 12.3 Å². The molecule has 0 aliphatic carbocycles. The first-order chi connectivity index (χ1) is 6.10. The van der Waals surface area contributed by atoms with Gasteiger partial charge in [0.1, 0.15) is 5.60 Å². The Morgan fingerprint density at radius 3 is 2.21 bits per heavy atom. The predicted molar refractivity (Wildman–Crippen MR) is 63.2 cm³/mol. The van der Waals surface area contributed by atoms with Crippen molar-refractivity contribution in [1.82, 2.24) is 0 Å². The van der Waals surface area contributed by atoms with E-state index in [4.69, 9.17) is 26.9 Å². The second-order valence-electron chi connectivity index (χ2n) is 4.51. The van der Waals surface area contributed by atoms with Gasteiger partial charge in [-0.2, -0.15) is 0 Å². The zero-order valence-electron chi connectivity index (χ0n) is 9.19. The Bertz CT molecular complexity index is 194. The average molecular weight is 257 g/mol. The molecule has 0 rings (SSSR count). The van der Waals surface area contributed by atoms with Crippen molar-refractivity contribution >= 4 is 34.8 Å². The summed E-state index contributed by atoms with van der Waals surface area (Å²) < 4.78 is 5.14. The highest BCUT2D eigenvalue weighted by Crippen LogP contribution is 2.22. The highest BCUT2D eigenvalue weighted by atomic mass is 35.7. The third kappa shape index (κ3) is 10.3. The Labute approximate surface area is 96.3 Å². The number of hydrogen-bond donors (Lipinski definition) is 0. The van der Waals surface area contributed by atoms with Gasteiger partial charge in [0.2, 0.25) is 6.69 Å². The molecule has 2 nitrogen and oxygen atoms in total. The van der Waals surface area contributed by atoms with Crippen LogP contribution in [0.1, 0.15) is 33.6 Å². The molecular formula is C9H18Cl2O2Si. The lowest BCUT2D eigenvalue weighted by Crippen LogP contribution is -2.24. The van der Waals surface area contributed by atoms with Gasteiger partial charge in [-0.05, 0) is 39.8 Å². The smallest absolute Gasteiger partial charge is 0.306 e. The molecule has 0 N–H and O–H groups in total. The van der Waals surface area contributed by atoms with Gasteiger partial charge in [0.15, 0.2) is 0 Å². The van der Waals surface area contributed by atoms with Gasteiger partial charge in [0, 0.05) is 6.42 Å². The zero-order valence-corrected chi connectivity index (χ0v) is 11.7. The summed E-state index contributed by atoms with van der Waals surface area (Å²) in [5.41, 5.74) is -0.403. The van der Waals surface area contributed by atoms with Crippen molar-refractivity contribution < 1.29 is 9.53 Å². The maximum atomic E-state index is 11.3. The SMILES string of the molecule is CC(C)(C)OC(=O)CCC[Si](C)(Cl)Cl. The molecule has 0 bridgehead atoms. The number of halogens is 2. The molecule has 0 aromatic heterocycles. The molecule has 0 saturated heterocycles. The van der Waals surface area contributed by atoms with E-state index in [2.05, 4.69) is 0 Å². The fraction of sp³-hybridized carbons (Fsp3) is 0.889. The van der Waals surface area contributed by atoms with Crippen LogP contribution in [-0.4, -0.2) is 18.3 Å². The molecule has 0 radical (unpaired) electrons. The summed E-state index contributed by atoms with van der Waals surface area (Å²) >= 11 is 11.8. The van der Waals surface area contributed by atoms with Crippen molar-refractivity contribution in [2.24, 2.45) is 0 Å². The van der Waals surface area contributed by atoms with Crippen LogP contribution in [0.5, 0.6) is 0 Å². The van der Waals surface area contributed by atoms with Crippen LogP contribution in [0.3, 0.4) is 0 Å².